The number of nitrogens with one attached hydrogen (secondary N) is 3. The minimum absolute atomic E-state index is 0.0104. The predicted molar refractivity (Wildman–Crippen MR) is 136 cm³/mol. The fourth-order valence-corrected chi connectivity index (χ4v) is 5.96. The SMILES string of the molecule is O=C(O)NC[C@@H](CC1CCCC1)C(=O)NNc1nc(Cl)nc(N2CCC[C@H]2CN2CCCCC2)c1F. The highest BCUT2D eigenvalue weighted by molar-refractivity contribution is 6.28. The zero-order valence-electron chi connectivity index (χ0n) is 20.6. The normalized spacial score (nSPS) is 21.9. The van der Waals surface area contributed by atoms with Crippen LogP contribution in [0.3, 0.4) is 0 Å². The molecule has 2 aliphatic heterocycles. The third kappa shape index (κ3) is 7.09. The lowest BCUT2D eigenvalue weighted by Gasteiger charge is -2.33. The molecule has 1 aromatic rings. The van der Waals surface area contributed by atoms with E-state index in [0.29, 0.717) is 18.9 Å². The van der Waals surface area contributed by atoms with Gasteiger partial charge >= 0.3 is 6.09 Å². The molecular formula is C24H37ClFN7O3. The molecule has 1 aliphatic carbocycles. The molecule has 0 aromatic carbocycles. The van der Waals surface area contributed by atoms with E-state index in [0.717, 1.165) is 58.2 Å². The molecule has 1 aromatic heterocycles. The number of carbonyl (C=O) groups excluding carboxylic acids is 1. The van der Waals surface area contributed by atoms with Crippen LogP contribution in [-0.4, -0.2) is 70.7 Å². The van der Waals surface area contributed by atoms with E-state index in [-0.39, 0.29) is 29.5 Å². The summed E-state index contributed by atoms with van der Waals surface area (Å²) in [6.07, 6.45) is 9.21. The fourth-order valence-electron chi connectivity index (χ4n) is 5.79. The van der Waals surface area contributed by atoms with Crippen molar-refractivity contribution in [1.29, 1.82) is 0 Å². The van der Waals surface area contributed by atoms with Crippen molar-refractivity contribution in [3.63, 3.8) is 0 Å². The Labute approximate surface area is 216 Å². The molecule has 200 valence electrons. The zero-order valence-corrected chi connectivity index (χ0v) is 21.4. The van der Waals surface area contributed by atoms with Gasteiger partial charge in [0.1, 0.15) is 0 Å². The van der Waals surface area contributed by atoms with E-state index in [1.54, 1.807) is 0 Å². The molecule has 3 fully saturated rings. The highest BCUT2D eigenvalue weighted by atomic mass is 35.5. The minimum atomic E-state index is -1.19. The summed E-state index contributed by atoms with van der Waals surface area (Å²) in [4.78, 5) is 36.5. The van der Waals surface area contributed by atoms with Gasteiger partial charge in [0, 0.05) is 25.7 Å². The number of carboxylic acid groups (broad SMARTS) is 1. The highest BCUT2D eigenvalue weighted by Gasteiger charge is 2.32. The van der Waals surface area contributed by atoms with Crippen LogP contribution in [0.4, 0.5) is 20.8 Å². The van der Waals surface area contributed by atoms with Crippen molar-refractivity contribution in [3.05, 3.63) is 11.1 Å². The number of anilines is 2. The lowest BCUT2D eigenvalue weighted by Crippen LogP contribution is -2.43. The van der Waals surface area contributed by atoms with E-state index in [1.165, 1.54) is 19.3 Å². The van der Waals surface area contributed by atoms with Crippen LogP contribution in [0.25, 0.3) is 0 Å². The van der Waals surface area contributed by atoms with Crippen LogP contribution in [0.2, 0.25) is 5.28 Å². The summed E-state index contributed by atoms with van der Waals surface area (Å²) in [7, 11) is 0. The first-order chi connectivity index (χ1) is 17.4. The average molecular weight is 526 g/mol. The number of amides is 2. The summed E-state index contributed by atoms with van der Waals surface area (Å²) in [6, 6.07) is 0.142. The summed E-state index contributed by atoms with van der Waals surface area (Å²) in [5.74, 6) is -1.35. The molecule has 10 nitrogen and oxygen atoms in total. The van der Waals surface area contributed by atoms with Crippen LogP contribution in [0.1, 0.15) is 64.2 Å². The Kier molecular flexibility index (Phi) is 9.41. The molecule has 36 heavy (non-hydrogen) atoms. The molecule has 0 spiro atoms. The number of halogens is 2. The Bertz CT molecular complexity index is 912. The van der Waals surface area contributed by atoms with E-state index >= 15 is 4.39 Å². The number of rotatable bonds is 10. The molecule has 2 saturated heterocycles. The third-order valence-corrected chi connectivity index (χ3v) is 7.81. The number of hydrogen-bond acceptors (Lipinski definition) is 7. The average Bonchev–Trinajstić information content (AvgIpc) is 3.54. The first-order valence-corrected chi connectivity index (χ1v) is 13.5. The molecule has 2 amide bonds. The maximum atomic E-state index is 15.5. The molecule has 1 saturated carbocycles. The number of likely N-dealkylation sites (tertiary alicyclic amines) is 1. The summed E-state index contributed by atoms with van der Waals surface area (Å²) in [5, 5.41) is 11.2. The number of hydrazine groups is 1. The smallest absolute Gasteiger partial charge is 0.404 e. The lowest BCUT2D eigenvalue weighted by molar-refractivity contribution is -0.124. The van der Waals surface area contributed by atoms with Crippen LogP contribution in [0.15, 0.2) is 0 Å². The van der Waals surface area contributed by atoms with Crippen molar-refractivity contribution in [3.8, 4) is 0 Å². The number of hydrogen-bond donors (Lipinski definition) is 4. The summed E-state index contributed by atoms with van der Waals surface area (Å²) >= 11 is 6.16. The molecule has 4 rings (SSSR count). The second-order valence-electron chi connectivity index (χ2n) is 10.2. The number of carbonyl (C=O) groups is 2. The van der Waals surface area contributed by atoms with Gasteiger partial charge in [-0.05, 0) is 62.7 Å². The van der Waals surface area contributed by atoms with Crippen molar-refractivity contribution >= 4 is 35.2 Å². The Balaban J connectivity index is 1.42. The van der Waals surface area contributed by atoms with E-state index in [1.807, 2.05) is 4.90 Å². The molecule has 3 aliphatic rings. The van der Waals surface area contributed by atoms with Crippen LogP contribution in [-0.2, 0) is 4.79 Å². The Morgan fingerprint density at radius 1 is 1.06 bits per heavy atom. The van der Waals surface area contributed by atoms with Crippen molar-refractivity contribution in [2.75, 3.05) is 43.0 Å². The highest BCUT2D eigenvalue weighted by Crippen LogP contribution is 2.32. The molecule has 12 heteroatoms. The molecular weight excluding hydrogens is 489 g/mol. The van der Waals surface area contributed by atoms with Gasteiger partial charge in [-0.1, -0.05) is 32.1 Å². The molecule has 0 unspecified atom stereocenters. The van der Waals surface area contributed by atoms with Gasteiger partial charge in [-0.3, -0.25) is 15.6 Å². The van der Waals surface area contributed by atoms with Gasteiger partial charge in [-0.25, -0.2) is 4.79 Å². The Morgan fingerprint density at radius 2 is 1.81 bits per heavy atom. The molecule has 2 atom stereocenters. The Hall–Kier alpha value is -2.40. The second-order valence-corrected chi connectivity index (χ2v) is 10.6. The topological polar surface area (TPSA) is 123 Å². The van der Waals surface area contributed by atoms with Crippen molar-refractivity contribution in [2.45, 2.75) is 70.3 Å². The van der Waals surface area contributed by atoms with Gasteiger partial charge in [-0.15, -0.1) is 0 Å². The fraction of sp³-hybridized carbons (Fsp3) is 0.750. The van der Waals surface area contributed by atoms with Crippen LogP contribution < -0.4 is 21.1 Å². The molecule has 3 heterocycles. The molecule has 0 bridgehead atoms. The van der Waals surface area contributed by atoms with Gasteiger partial charge in [0.05, 0.1) is 5.92 Å². The monoisotopic (exact) mass is 525 g/mol. The van der Waals surface area contributed by atoms with Crippen molar-refractivity contribution in [1.82, 2.24) is 25.6 Å². The summed E-state index contributed by atoms with van der Waals surface area (Å²) < 4.78 is 15.5. The number of piperidine rings is 1. The first-order valence-electron chi connectivity index (χ1n) is 13.2. The van der Waals surface area contributed by atoms with Gasteiger partial charge in [0.15, 0.2) is 11.6 Å². The van der Waals surface area contributed by atoms with Gasteiger partial charge < -0.3 is 20.2 Å². The van der Waals surface area contributed by atoms with E-state index in [4.69, 9.17) is 16.7 Å². The standard InChI is InChI=1S/C24H37ClFN7O3/c25-23-28-20(30-31-22(34)17(14-27-24(35)36)13-16-7-2-3-8-16)19(26)21(29-23)33-12-6-9-18(33)15-32-10-4-1-5-11-32/h16-18,27H,1-15H2,(H,31,34)(H,35,36)(H,28,29,30)/t17-,18+/m1/s1. The number of aromatic nitrogens is 2. The molecule has 0 radical (unpaired) electrons. The first kappa shape index (κ1) is 26.7. The molecule has 4 N–H and O–H groups in total. The maximum absolute atomic E-state index is 15.5. The van der Waals surface area contributed by atoms with Crippen LogP contribution >= 0.6 is 11.6 Å². The van der Waals surface area contributed by atoms with Gasteiger partial charge in [-0.2, -0.15) is 14.4 Å². The van der Waals surface area contributed by atoms with Crippen LogP contribution in [0.5, 0.6) is 0 Å². The lowest BCUT2D eigenvalue weighted by atomic mass is 9.92. The minimum Gasteiger partial charge on any atom is -0.465 e. The van der Waals surface area contributed by atoms with E-state index < -0.39 is 23.7 Å². The predicted octanol–water partition coefficient (Wildman–Crippen LogP) is 3.63. The quantitative estimate of drug-likeness (QED) is 0.270. The van der Waals surface area contributed by atoms with E-state index in [9.17, 15) is 9.59 Å². The number of nitrogens with zero attached hydrogens (tertiary/aromatic N) is 4. The van der Waals surface area contributed by atoms with Crippen molar-refractivity contribution < 1.29 is 19.1 Å². The largest absolute Gasteiger partial charge is 0.465 e. The second kappa shape index (κ2) is 12.7. The summed E-state index contributed by atoms with van der Waals surface area (Å²) in [5.41, 5.74) is 5.11. The van der Waals surface area contributed by atoms with Crippen LogP contribution in [0, 0.1) is 17.7 Å². The van der Waals surface area contributed by atoms with Crippen molar-refractivity contribution in [2.24, 2.45) is 11.8 Å². The van der Waals surface area contributed by atoms with Gasteiger partial charge in [0.2, 0.25) is 17.0 Å². The third-order valence-electron chi connectivity index (χ3n) is 7.64. The maximum Gasteiger partial charge on any atom is 0.404 e. The summed E-state index contributed by atoms with van der Waals surface area (Å²) in [6.45, 7) is 3.66. The Morgan fingerprint density at radius 3 is 2.53 bits per heavy atom. The van der Waals surface area contributed by atoms with Gasteiger partial charge in [0.25, 0.3) is 0 Å². The van der Waals surface area contributed by atoms with E-state index in [2.05, 4.69) is 31.0 Å². The zero-order chi connectivity index (χ0) is 25.5.